The van der Waals surface area contributed by atoms with Crippen LogP contribution in [0.3, 0.4) is 0 Å². The number of thiophene rings is 1. The number of hydrogen-bond donors (Lipinski definition) is 1. The van der Waals surface area contributed by atoms with Crippen molar-refractivity contribution in [2.45, 2.75) is 50.3 Å². The third-order valence-corrected chi connectivity index (χ3v) is 8.67. The molecule has 1 aromatic heterocycles. The quantitative estimate of drug-likeness (QED) is 0.589. The van der Waals surface area contributed by atoms with E-state index in [1.807, 2.05) is 0 Å². The van der Waals surface area contributed by atoms with E-state index in [0.717, 1.165) is 49.0 Å². The van der Waals surface area contributed by atoms with Crippen molar-refractivity contribution in [2.24, 2.45) is 0 Å². The Morgan fingerprint density at radius 3 is 2.55 bits per heavy atom. The van der Waals surface area contributed by atoms with Gasteiger partial charge in [0.15, 0.2) is 0 Å². The first-order valence-electron chi connectivity index (χ1n) is 11.2. The second-order valence-corrected chi connectivity index (χ2v) is 10.9. The lowest BCUT2D eigenvalue weighted by Gasteiger charge is -2.18. The molecule has 1 saturated heterocycles. The molecule has 1 N–H and O–H groups in total. The Labute approximate surface area is 197 Å². The monoisotopic (exact) mass is 492 g/mol. The molecule has 0 bridgehead atoms. The fraction of sp³-hybridized carbons (Fsp3) is 0.478. The molecule has 2 heterocycles. The van der Waals surface area contributed by atoms with Gasteiger partial charge >= 0.3 is 5.97 Å². The van der Waals surface area contributed by atoms with Crippen molar-refractivity contribution in [1.29, 1.82) is 0 Å². The fourth-order valence-corrected chi connectivity index (χ4v) is 6.96. The van der Waals surface area contributed by atoms with E-state index >= 15 is 0 Å². The number of aryl methyl sites for hydroxylation is 1. The average molecular weight is 493 g/mol. The number of rotatable bonds is 7. The molecule has 33 heavy (non-hydrogen) atoms. The highest BCUT2D eigenvalue weighted by Gasteiger charge is 2.30. The molecule has 0 spiro atoms. The number of amides is 1. The van der Waals surface area contributed by atoms with E-state index in [2.05, 4.69) is 4.72 Å². The smallest absolute Gasteiger partial charge is 0.341 e. The summed E-state index contributed by atoms with van der Waals surface area (Å²) in [7, 11) is -2.61. The molecule has 0 unspecified atom stereocenters. The largest absolute Gasteiger partial charge is 0.496 e. The van der Waals surface area contributed by atoms with Crippen molar-refractivity contribution in [3.63, 3.8) is 0 Å². The van der Waals surface area contributed by atoms with E-state index in [9.17, 15) is 18.0 Å². The van der Waals surface area contributed by atoms with Gasteiger partial charge in [-0.3, -0.25) is 9.52 Å². The maximum Gasteiger partial charge on any atom is 0.341 e. The highest BCUT2D eigenvalue weighted by Crippen LogP contribution is 2.40. The van der Waals surface area contributed by atoms with Gasteiger partial charge in [-0.05, 0) is 69.2 Å². The second kappa shape index (κ2) is 9.72. The van der Waals surface area contributed by atoms with Gasteiger partial charge in [0.1, 0.15) is 10.8 Å². The number of carbonyl (C=O) groups is 2. The first kappa shape index (κ1) is 23.6. The van der Waals surface area contributed by atoms with Crippen molar-refractivity contribution >= 4 is 38.2 Å². The van der Waals surface area contributed by atoms with Gasteiger partial charge < -0.3 is 14.4 Å². The lowest BCUT2D eigenvalue weighted by Crippen LogP contribution is -2.28. The molecule has 0 saturated carbocycles. The van der Waals surface area contributed by atoms with E-state index in [4.69, 9.17) is 9.47 Å². The molecule has 0 atom stereocenters. The number of ether oxygens (including phenoxy) is 2. The number of esters is 1. The molecule has 1 aliphatic heterocycles. The van der Waals surface area contributed by atoms with Crippen LogP contribution in [-0.4, -0.2) is 52.0 Å². The zero-order valence-electron chi connectivity index (χ0n) is 18.8. The summed E-state index contributed by atoms with van der Waals surface area (Å²) in [4.78, 5) is 28.3. The third kappa shape index (κ3) is 4.72. The van der Waals surface area contributed by atoms with Crippen LogP contribution in [0.5, 0.6) is 5.75 Å². The first-order chi connectivity index (χ1) is 15.9. The molecular formula is C23H28N2O6S2. The Balaban J connectivity index is 1.70. The van der Waals surface area contributed by atoms with Crippen LogP contribution in [0, 0.1) is 0 Å². The summed E-state index contributed by atoms with van der Waals surface area (Å²) in [5, 5.41) is 0.267. The number of carbonyl (C=O) groups excluding carboxylic acids is 2. The maximum atomic E-state index is 13.3. The molecule has 178 valence electrons. The van der Waals surface area contributed by atoms with E-state index in [0.29, 0.717) is 24.4 Å². The minimum atomic E-state index is -4.06. The van der Waals surface area contributed by atoms with Crippen molar-refractivity contribution < 1.29 is 27.5 Å². The SMILES string of the molecule is CCOC(=O)c1c(NS(=O)(=O)c2ccc(OC)c(C(=O)N3CCCC3)c2)sc2c1CCCC2. The molecule has 1 amide bonds. The molecular weight excluding hydrogens is 464 g/mol. The highest BCUT2D eigenvalue weighted by molar-refractivity contribution is 7.93. The van der Waals surface area contributed by atoms with Gasteiger partial charge in [0.2, 0.25) is 0 Å². The normalized spacial score (nSPS) is 15.8. The summed E-state index contributed by atoms with van der Waals surface area (Å²) in [6.07, 6.45) is 5.33. The summed E-state index contributed by atoms with van der Waals surface area (Å²) in [5.74, 6) is -0.445. The summed E-state index contributed by atoms with van der Waals surface area (Å²) < 4.78 is 39.8. The summed E-state index contributed by atoms with van der Waals surface area (Å²) in [6.45, 7) is 3.20. The fourth-order valence-electron chi connectivity index (χ4n) is 4.35. The number of sulfonamides is 1. The van der Waals surface area contributed by atoms with Gasteiger partial charge in [-0.1, -0.05) is 0 Å². The van der Waals surface area contributed by atoms with Crippen molar-refractivity contribution in [3.8, 4) is 5.75 Å². The van der Waals surface area contributed by atoms with Gasteiger partial charge in [-0.25, -0.2) is 13.2 Å². The number of nitrogens with zero attached hydrogens (tertiary/aromatic N) is 1. The van der Waals surface area contributed by atoms with E-state index < -0.39 is 16.0 Å². The molecule has 10 heteroatoms. The number of anilines is 1. The Hall–Kier alpha value is -2.59. The van der Waals surface area contributed by atoms with Crippen LogP contribution in [0.1, 0.15) is 63.8 Å². The van der Waals surface area contributed by atoms with E-state index in [1.165, 1.54) is 36.6 Å². The van der Waals surface area contributed by atoms with Crippen molar-refractivity contribution in [3.05, 3.63) is 39.8 Å². The molecule has 4 rings (SSSR count). The molecule has 2 aliphatic rings. The number of nitrogens with one attached hydrogen (secondary N) is 1. The Morgan fingerprint density at radius 1 is 1.12 bits per heavy atom. The van der Waals surface area contributed by atoms with Crippen LogP contribution in [0.2, 0.25) is 0 Å². The Morgan fingerprint density at radius 2 is 1.85 bits per heavy atom. The van der Waals surface area contributed by atoms with Gasteiger partial charge in [-0.15, -0.1) is 11.3 Å². The predicted molar refractivity (Wildman–Crippen MR) is 126 cm³/mol. The Bertz CT molecular complexity index is 1170. The zero-order chi connectivity index (χ0) is 23.6. The Kier molecular flexibility index (Phi) is 6.94. The second-order valence-electron chi connectivity index (χ2n) is 8.10. The topological polar surface area (TPSA) is 102 Å². The van der Waals surface area contributed by atoms with Crippen molar-refractivity contribution in [2.75, 3.05) is 31.5 Å². The zero-order valence-corrected chi connectivity index (χ0v) is 20.4. The van der Waals surface area contributed by atoms with Crippen LogP contribution >= 0.6 is 11.3 Å². The number of hydrogen-bond acceptors (Lipinski definition) is 7. The molecule has 2 aromatic rings. The van der Waals surface area contributed by atoms with Crippen LogP contribution < -0.4 is 9.46 Å². The standard InChI is InChI=1S/C23H28N2O6S2/c1-3-31-23(27)20-16-8-4-5-9-19(16)32-21(20)24-33(28,29)15-10-11-18(30-2)17(14-15)22(26)25-12-6-7-13-25/h10-11,14,24H,3-9,12-13H2,1-2H3. The minimum absolute atomic E-state index is 0.0629. The van der Waals surface area contributed by atoms with Crippen molar-refractivity contribution in [1.82, 2.24) is 4.90 Å². The van der Waals surface area contributed by atoms with Gasteiger partial charge in [0, 0.05) is 18.0 Å². The molecule has 1 aromatic carbocycles. The van der Waals surface area contributed by atoms with Crippen LogP contribution in [0.15, 0.2) is 23.1 Å². The number of benzene rings is 1. The maximum absolute atomic E-state index is 13.3. The van der Waals surface area contributed by atoms with Crippen LogP contribution in [-0.2, 0) is 27.6 Å². The molecule has 0 radical (unpaired) electrons. The lowest BCUT2D eigenvalue weighted by molar-refractivity contribution is 0.0526. The average Bonchev–Trinajstić information content (AvgIpc) is 3.46. The van der Waals surface area contributed by atoms with Gasteiger partial charge in [0.25, 0.3) is 15.9 Å². The number of methoxy groups -OCH3 is 1. The number of fused-ring (bicyclic) bond motifs is 1. The van der Waals surface area contributed by atoms with Gasteiger partial charge in [0.05, 0.1) is 29.7 Å². The highest BCUT2D eigenvalue weighted by atomic mass is 32.2. The van der Waals surface area contributed by atoms with Gasteiger partial charge in [-0.2, -0.15) is 0 Å². The molecule has 1 aliphatic carbocycles. The molecule has 1 fully saturated rings. The summed E-state index contributed by atoms with van der Waals surface area (Å²) in [5.41, 5.74) is 1.39. The summed E-state index contributed by atoms with van der Waals surface area (Å²) >= 11 is 1.29. The minimum Gasteiger partial charge on any atom is -0.496 e. The predicted octanol–water partition coefficient (Wildman–Crippen LogP) is 3.85. The first-order valence-corrected chi connectivity index (χ1v) is 13.5. The summed E-state index contributed by atoms with van der Waals surface area (Å²) in [6, 6.07) is 4.24. The number of likely N-dealkylation sites (tertiary alicyclic amines) is 1. The van der Waals surface area contributed by atoms with Crippen LogP contribution in [0.4, 0.5) is 5.00 Å². The van der Waals surface area contributed by atoms with E-state index in [-0.39, 0.29) is 28.0 Å². The van der Waals surface area contributed by atoms with Crippen LogP contribution in [0.25, 0.3) is 0 Å². The third-order valence-electron chi connectivity index (χ3n) is 5.98. The molecule has 8 nitrogen and oxygen atoms in total. The lowest BCUT2D eigenvalue weighted by atomic mass is 9.95. The van der Waals surface area contributed by atoms with E-state index in [1.54, 1.807) is 11.8 Å².